The summed E-state index contributed by atoms with van der Waals surface area (Å²) in [7, 11) is 0. The molecule has 1 unspecified atom stereocenters. The average Bonchev–Trinajstić information content (AvgIpc) is 2.47. The Bertz CT molecular complexity index is 369. The second-order valence-electron chi connectivity index (χ2n) is 6.49. The van der Waals surface area contributed by atoms with Gasteiger partial charge in [-0.3, -0.25) is 0 Å². The first kappa shape index (κ1) is 15.4. The lowest BCUT2D eigenvalue weighted by molar-refractivity contribution is -1.02. The minimum absolute atomic E-state index is 0.220. The summed E-state index contributed by atoms with van der Waals surface area (Å²) >= 11 is 0. The minimum Gasteiger partial charge on any atom is -0.316 e. The smallest absolute Gasteiger partial charge is 0.316 e. The normalized spacial score (nSPS) is 26.7. The molecular weight excluding hydrogens is 256 g/mol. The number of carbonyl (C=O) groups excluding carboxylic acids is 2. The van der Waals surface area contributed by atoms with Gasteiger partial charge in [-0.15, -0.1) is 0 Å². The molecular formula is C15H27N2O3+. The van der Waals surface area contributed by atoms with Gasteiger partial charge in [0.15, 0.2) is 0 Å². The van der Waals surface area contributed by atoms with Crippen molar-refractivity contribution in [3.05, 3.63) is 0 Å². The molecule has 2 aliphatic carbocycles. The highest BCUT2D eigenvalue weighted by atomic mass is 16.6. The van der Waals surface area contributed by atoms with Gasteiger partial charge in [-0.05, 0) is 30.3 Å². The summed E-state index contributed by atoms with van der Waals surface area (Å²) < 4.78 is -1.18. The molecule has 3 amide bonds. The number of nitrogens with zero attached hydrogens (tertiary/aromatic N) is 1. The minimum atomic E-state index is -1.18. The van der Waals surface area contributed by atoms with Gasteiger partial charge in [0.05, 0.1) is 6.92 Å². The molecule has 0 spiro atoms. The number of primary amides is 1. The Morgan fingerprint density at radius 1 is 1.05 bits per heavy atom. The molecule has 0 aromatic carbocycles. The molecule has 20 heavy (non-hydrogen) atoms. The van der Waals surface area contributed by atoms with E-state index in [1.54, 1.807) is 0 Å². The Morgan fingerprint density at radius 2 is 1.55 bits per heavy atom. The molecule has 2 saturated carbocycles. The van der Waals surface area contributed by atoms with Crippen LogP contribution in [0.4, 0.5) is 4.79 Å². The van der Waals surface area contributed by atoms with Crippen molar-refractivity contribution in [3.63, 3.8) is 0 Å². The predicted molar refractivity (Wildman–Crippen MR) is 74.7 cm³/mol. The van der Waals surface area contributed by atoms with Gasteiger partial charge in [0.2, 0.25) is 0 Å². The van der Waals surface area contributed by atoms with Crippen LogP contribution in [0.3, 0.4) is 0 Å². The quantitative estimate of drug-likeness (QED) is 0.464. The monoisotopic (exact) mass is 283 g/mol. The zero-order chi connectivity index (χ0) is 14.8. The third-order valence-electron chi connectivity index (χ3n) is 5.50. The Kier molecular flexibility index (Phi) is 4.49. The number of hydrogen-bond acceptors (Lipinski definition) is 3. The molecule has 3 N–H and O–H groups in total. The fraction of sp³-hybridized carbons (Fsp3) is 0.867. The number of carbonyl (C=O) groups is 2. The maximum absolute atomic E-state index is 12.1. The predicted octanol–water partition coefficient (Wildman–Crippen LogP) is 3.10. The van der Waals surface area contributed by atoms with Crippen LogP contribution >= 0.6 is 0 Å². The Hall–Kier alpha value is -0.940. The number of hydroxylamine groups is 3. The SMILES string of the molecule is CC(=O)[N+](O)(C(N)=O)C1(C2CCCCC2)CCCCC1. The van der Waals surface area contributed by atoms with Crippen LogP contribution in [0.5, 0.6) is 0 Å². The van der Waals surface area contributed by atoms with Crippen molar-refractivity contribution in [1.29, 1.82) is 0 Å². The van der Waals surface area contributed by atoms with E-state index >= 15 is 0 Å². The van der Waals surface area contributed by atoms with Crippen molar-refractivity contribution in [1.82, 2.24) is 0 Å². The molecule has 0 bridgehead atoms. The first-order valence-electron chi connectivity index (χ1n) is 7.88. The van der Waals surface area contributed by atoms with E-state index in [1.807, 2.05) is 0 Å². The van der Waals surface area contributed by atoms with Gasteiger partial charge in [0.1, 0.15) is 5.54 Å². The maximum Gasteiger partial charge on any atom is 0.454 e. The molecule has 0 aromatic heterocycles. The number of nitrogens with two attached hydrogens (primary N) is 1. The summed E-state index contributed by atoms with van der Waals surface area (Å²) in [6, 6.07) is -0.912. The summed E-state index contributed by atoms with van der Waals surface area (Å²) in [6.07, 6.45) is 9.86. The zero-order valence-electron chi connectivity index (χ0n) is 12.4. The lowest BCUT2D eigenvalue weighted by Crippen LogP contribution is -2.72. The van der Waals surface area contributed by atoms with E-state index in [1.165, 1.54) is 13.3 Å². The lowest BCUT2D eigenvalue weighted by atomic mass is 9.66. The summed E-state index contributed by atoms with van der Waals surface area (Å²) in [5.41, 5.74) is 4.77. The maximum atomic E-state index is 12.1. The number of quaternary nitrogens is 1. The van der Waals surface area contributed by atoms with Crippen molar-refractivity contribution >= 4 is 11.9 Å². The van der Waals surface area contributed by atoms with Crippen LogP contribution in [0.25, 0.3) is 0 Å². The molecule has 1 atom stereocenters. The van der Waals surface area contributed by atoms with Gasteiger partial charge in [-0.25, -0.2) is 9.59 Å². The molecule has 0 heterocycles. The van der Waals surface area contributed by atoms with Crippen LogP contribution < -0.4 is 5.73 Å². The van der Waals surface area contributed by atoms with Crippen molar-refractivity contribution < 1.29 is 19.4 Å². The van der Waals surface area contributed by atoms with E-state index in [0.29, 0.717) is 0 Å². The molecule has 5 heteroatoms. The van der Waals surface area contributed by atoms with Crippen LogP contribution in [-0.4, -0.2) is 27.3 Å². The molecule has 0 aromatic rings. The summed E-state index contributed by atoms with van der Waals surface area (Å²) in [6.45, 7) is 1.28. The number of rotatable bonds is 2. The van der Waals surface area contributed by atoms with Gasteiger partial charge in [-0.1, -0.05) is 25.7 Å². The number of amides is 3. The van der Waals surface area contributed by atoms with Crippen LogP contribution in [0, 0.1) is 5.92 Å². The van der Waals surface area contributed by atoms with Gasteiger partial charge in [0.25, 0.3) is 0 Å². The van der Waals surface area contributed by atoms with Crippen molar-refractivity contribution in [2.45, 2.75) is 76.7 Å². The fourth-order valence-electron chi connectivity index (χ4n) is 4.49. The Labute approximate surface area is 120 Å². The molecule has 0 aliphatic heterocycles. The number of imide groups is 1. The largest absolute Gasteiger partial charge is 0.454 e. The van der Waals surface area contributed by atoms with E-state index in [0.717, 1.165) is 57.8 Å². The van der Waals surface area contributed by atoms with E-state index in [9.17, 15) is 14.8 Å². The van der Waals surface area contributed by atoms with Crippen molar-refractivity contribution in [2.24, 2.45) is 11.7 Å². The zero-order valence-corrected chi connectivity index (χ0v) is 12.4. The molecule has 2 aliphatic rings. The van der Waals surface area contributed by atoms with Gasteiger partial charge < -0.3 is 5.73 Å². The third-order valence-corrected chi connectivity index (χ3v) is 5.50. The Balaban J connectivity index is 2.44. The highest BCUT2D eigenvalue weighted by molar-refractivity contribution is 5.81. The summed E-state index contributed by atoms with van der Waals surface area (Å²) in [5.74, 6) is -0.317. The summed E-state index contributed by atoms with van der Waals surface area (Å²) in [4.78, 5) is 24.0. The Morgan fingerprint density at radius 3 is 2.00 bits per heavy atom. The average molecular weight is 283 g/mol. The van der Waals surface area contributed by atoms with E-state index in [2.05, 4.69) is 0 Å². The van der Waals surface area contributed by atoms with Crippen molar-refractivity contribution in [3.8, 4) is 0 Å². The van der Waals surface area contributed by atoms with Gasteiger partial charge >= 0.3 is 11.9 Å². The highest BCUT2D eigenvalue weighted by Gasteiger charge is 2.63. The topological polar surface area (TPSA) is 80.4 Å². The van der Waals surface area contributed by atoms with Crippen LogP contribution in [0.15, 0.2) is 0 Å². The van der Waals surface area contributed by atoms with Crippen LogP contribution in [0.1, 0.15) is 71.1 Å². The second-order valence-corrected chi connectivity index (χ2v) is 6.49. The molecule has 5 nitrogen and oxygen atoms in total. The lowest BCUT2D eigenvalue weighted by Gasteiger charge is -2.49. The summed E-state index contributed by atoms with van der Waals surface area (Å²) in [5, 5.41) is 10.9. The fourth-order valence-corrected chi connectivity index (χ4v) is 4.49. The van der Waals surface area contributed by atoms with Gasteiger partial charge in [-0.2, -0.15) is 5.21 Å². The van der Waals surface area contributed by atoms with Gasteiger partial charge in [0, 0.05) is 18.8 Å². The molecule has 114 valence electrons. The van der Waals surface area contributed by atoms with Crippen LogP contribution in [0.2, 0.25) is 0 Å². The highest BCUT2D eigenvalue weighted by Crippen LogP contribution is 2.48. The number of urea groups is 1. The first-order chi connectivity index (χ1) is 9.45. The molecule has 2 fully saturated rings. The van der Waals surface area contributed by atoms with Crippen molar-refractivity contribution in [2.75, 3.05) is 0 Å². The second kappa shape index (κ2) is 5.82. The number of hydrogen-bond donors (Lipinski definition) is 2. The standard InChI is InChI=1S/C15H26N2O3/c1-12(18)17(20,14(16)19)15(10-6-3-7-11-15)13-8-4-2-5-9-13/h13,20H,2-11H2,1H3,(H-,16,19)/p+1. The molecule has 0 radical (unpaired) electrons. The third kappa shape index (κ3) is 2.27. The van der Waals surface area contributed by atoms with E-state index in [4.69, 9.17) is 5.73 Å². The van der Waals surface area contributed by atoms with Crippen LogP contribution in [-0.2, 0) is 4.79 Å². The molecule has 2 rings (SSSR count). The van der Waals surface area contributed by atoms with E-state index in [-0.39, 0.29) is 5.92 Å². The first-order valence-corrected chi connectivity index (χ1v) is 7.88. The molecule has 0 saturated heterocycles. The van der Waals surface area contributed by atoms with E-state index < -0.39 is 22.1 Å².